The molecule has 0 saturated carbocycles. The van der Waals surface area contributed by atoms with E-state index in [1.54, 1.807) is 0 Å². The predicted molar refractivity (Wildman–Crippen MR) is 75.4 cm³/mol. The van der Waals surface area contributed by atoms with E-state index in [9.17, 15) is 0 Å². The Morgan fingerprint density at radius 1 is 1.22 bits per heavy atom. The number of benzene rings is 1. The lowest BCUT2D eigenvalue weighted by atomic mass is 9.95. The lowest BCUT2D eigenvalue weighted by Crippen LogP contribution is -2.41. The third-order valence-corrected chi connectivity index (χ3v) is 4.78. The largest absolute Gasteiger partial charge is 0.324 e. The zero-order valence-corrected chi connectivity index (χ0v) is 11.3. The molecule has 0 amide bonds. The van der Waals surface area contributed by atoms with Gasteiger partial charge in [0.15, 0.2) is 0 Å². The van der Waals surface area contributed by atoms with E-state index >= 15 is 0 Å². The van der Waals surface area contributed by atoms with Gasteiger partial charge in [0, 0.05) is 18.1 Å². The number of nitrogens with zero attached hydrogens (tertiary/aromatic N) is 1. The minimum atomic E-state index is 0.241. The maximum absolute atomic E-state index is 6.30. The Morgan fingerprint density at radius 3 is 2.78 bits per heavy atom. The number of hydrogen-bond acceptors (Lipinski definition) is 2. The first-order valence-corrected chi connectivity index (χ1v) is 7.41. The van der Waals surface area contributed by atoms with Crippen LogP contribution in [0.5, 0.6) is 0 Å². The van der Waals surface area contributed by atoms with Crippen LogP contribution in [0.2, 0.25) is 0 Å². The van der Waals surface area contributed by atoms with Crippen LogP contribution in [0.3, 0.4) is 0 Å². The number of nitrogens with two attached hydrogens (primary N) is 1. The molecule has 98 valence electrons. The zero-order chi connectivity index (χ0) is 12.5. The molecule has 1 aromatic carbocycles. The van der Waals surface area contributed by atoms with Gasteiger partial charge < -0.3 is 5.73 Å². The average molecular weight is 244 g/mol. The van der Waals surface area contributed by atoms with Crippen LogP contribution in [0.15, 0.2) is 24.3 Å². The predicted octanol–water partition coefficient (Wildman–Crippen LogP) is 3.40. The fourth-order valence-corrected chi connectivity index (χ4v) is 3.83. The van der Waals surface area contributed by atoms with E-state index in [-0.39, 0.29) is 6.04 Å². The van der Waals surface area contributed by atoms with Crippen LogP contribution < -0.4 is 5.73 Å². The molecule has 1 aliphatic carbocycles. The van der Waals surface area contributed by atoms with Gasteiger partial charge >= 0.3 is 0 Å². The first kappa shape index (κ1) is 12.2. The molecule has 1 saturated heterocycles. The van der Waals surface area contributed by atoms with Crippen LogP contribution in [0.25, 0.3) is 0 Å². The Bertz CT molecular complexity index is 415. The molecular weight excluding hydrogens is 220 g/mol. The summed E-state index contributed by atoms with van der Waals surface area (Å²) in [6, 6.07) is 10.4. The maximum Gasteiger partial charge on any atom is 0.0372 e. The van der Waals surface area contributed by atoms with Gasteiger partial charge in [-0.05, 0) is 43.4 Å². The van der Waals surface area contributed by atoms with Gasteiger partial charge in [-0.2, -0.15) is 0 Å². The normalized spacial score (nSPS) is 32.4. The van der Waals surface area contributed by atoms with Gasteiger partial charge in [0.25, 0.3) is 0 Å². The van der Waals surface area contributed by atoms with Crippen molar-refractivity contribution in [3.05, 3.63) is 35.4 Å². The summed E-state index contributed by atoms with van der Waals surface area (Å²) in [5.74, 6) is 0. The molecular formula is C16H24N2. The van der Waals surface area contributed by atoms with Crippen molar-refractivity contribution in [1.82, 2.24) is 4.90 Å². The molecule has 1 heterocycles. The van der Waals surface area contributed by atoms with E-state index < -0.39 is 0 Å². The number of likely N-dealkylation sites (tertiary alicyclic amines) is 1. The topological polar surface area (TPSA) is 29.3 Å². The van der Waals surface area contributed by atoms with E-state index in [1.807, 2.05) is 0 Å². The molecule has 3 rings (SSSR count). The van der Waals surface area contributed by atoms with Gasteiger partial charge in [-0.3, -0.25) is 4.90 Å². The molecule has 18 heavy (non-hydrogen) atoms. The first-order valence-electron chi connectivity index (χ1n) is 7.41. The second kappa shape index (κ2) is 5.02. The molecule has 2 heteroatoms. The molecule has 3 atom stereocenters. The first-order chi connectivity index (χ1) is 8.81. The highest BCUT2D eigenvalue weighted by Crippen LogP contribution is 2.43. The standard InChI is InChI=1S/C16H24N2/c1-2-12-7-5-6-10-18(12)16-11-15(17)13-8-3-4-9-14(13)16/h3-4,8-9,12,15-16H,2,5-7,10-11,17H2,1H3. The SMILES string of the molecule is CCC1CCCCN1C1CC(N)c2ccccc21. The van der Waals surface area contributed by atoms with Crippen LogP contribution >= 0.6 is 0 Å². The van der Waals surface area contributed by atoms with Gasteiger partial charge in [0.2, 0.25) is 0 Å². The summed E-state index contributed by atoms with van der Waals surface area (Å²) in [5.41, 5.74) is 9.17. The molecule has 2 aliphatic rings. The Kier molecular flexibility index (Phi) is 3.40. The number of hydrogen-bond donors (Lipinski definition) is 1. The van der Waals surface area contributed by atoms with Crippen LogP contribution in [-0.2, 0) is 0 Å². The van der Waals surface area contributed by atoms with Crippen LogP contribution in [0.4, 0.5) is 0 Å². The van der Waals surface area contributed by atoms with E-state index in [1.165, 1.54) is 43.4 Å². The molecule has 0 aromatic heterocycles. The molecule has 0 bridgehead atoms. The summed E-state index contributed by atoms with van der Waals surface area (Å²) >= 11 is 0. The smallest absolute Gasteiger partial charge is 0.0372 e. The van der Waals surface area contributed by atoms with Gasteiger partial charge in [-0.1, -0.05) is 37.6 Å². The van der Waals surface area contributed by atoms with Crippen molar-refractivity contribution in [2.45, 2.75) is 57.2 Å². The molecule has 0 radical (unpaired) electrons. The van der Waals surface area contributed by atoms with Crippen molar-refractivity contribution in [3.63, 3.8) is 0 Å². The van der Waals surface area contributed by atoms with E-state index in [2.05, 4.69) is 36.1 Å². The summed E-state index contributed by atoms with van der Waals surface area (Å²) < 4.78 is 0. The Labute approximate surface area is 110 Å². The lowest BCUT2D eigenvalue weighted by molar-refractivity contribution is 0.0891. The summed E-state index contributed by atoms with van der Waals surface area (Å²) in [5, 5.41) is 0. The molecule has 2 N–H and O–H groups in total. The summed E-state index contributed by atoms with van der Waals surface area (Å²) in [4.78, 5) is 2.73. The second-order valence-corrected chi connectivity index (χ2v) is 5.78. The zero-order valence-electron chi connectivity index (χ0n) is 11.3. The Morgan fingerprint density at radius 2 is 2.00 bits per heavy atom. The molecule has 1 aliphatic heterocycles. The number of fused-ring (bicyclic) bond motifs is 1. The highest BCUT2D eigenvalue weighted by Gasteiger charge is 2.35. The third kappa shape index (κ3) is 1.98. The average Bonchev–Trinajstić information content (AvgIpc) is 2.77. The van der Waals surface area contributed by atoms with E-state index in [0.29, 0.717) is 6.04 Å². The Hall–Kier alpha value is -0.860. The molecule has 0 spiro atoms. The van der Waals surface area contributed by atoms with Crippen LogP contribution in [0, 0.1) is 0 Å². The summed E-state index contributed by atoms with van der Waals surface area (Å²) in [6.07, 6.45) is 6.49. The van der Waals surface area contributed by atoms with Crippen molar-refractivity contribution in [1.29, 1.82) is 0 Å². The maximum atomic E-state index is 6.30. The fourth-order valence-electron chi connectivity index (χ4n) is 3.83. The molecule has 3 unspecified atom stereocenters. The highest BCUT2D eigenvalue weighted by molar-refractivity contribution is 5.37. The minimum Gasteiger partial charge on any atom is -0.324 e. The van der Waals surface area contributed by atoms with Crippen LogP contribution in [0.1, 0.15) is 62.2 Å². The van der Waals surface area contributed by atoms with Crippen molar-refractivity contribution in [2.75, 3.05) is 6.54 Å². The van der Waals surface area contributed by atoms with Gasteiger partial charge in [0.1, 0.15) is 0 Å². The van der Waals surface area contributed by atoms with Gasteiger partial charge in [-0.15, -0.1) is 0 Å². The Balaban J connectivity index is 1.89. The lowest BCUT2D eigenvalue weighted by Gasteiger charge is -2.40. The monoisotopic (exact) mass is 244 g/mol. The molecule has 2 nitrogen and oxygen atoms in total. The van der Waals surface area contributed by atoms with Gasteiger partial charge in [-0.25, -0.2) is 0 Å². The van der Waals surface area contributed by atoms with Crippen molar-refractivity contribution >= 4 is 0 Å². The van der Waals surface area contributed by atoms with Crippen LogP contribution in [-0.4, -0.2) is 17.5 Å². The molecule has 1 fully saturated rings. The minimum absolute atomic E-state index is 0.241. The fraction of sp³-hybridized carbons (Fsp3) is 0.625. The van der Waals surface area contributed by atoms with E-state index in [0.717, 1.165) is 12.5 Å². The number of piperidine rings is 1. The van der Waals surface area contributed by atoms with E-state index in [4.69, 9.17) is 5.73 Å². The molecule has 1 aromatic rings. The highest BCUT2D eigenvalue weighted by atomic mass is 15.2. The van der Waals surface area contributed by atoms with Gasteiger partial charge in [0.05, 0.1) is 0 Å². The summed E-state index contributed by atoms with van der Waals surface area (Å²) in [7, 11) is 0. The van der Waals surface area contributed by atoms with Crippen molar-refractivity contribution in [2.24, 2.45) is 5.73 Å². The van der Waals surface area contributed by atoms with Crippen molar-refractivity contribution < 1.29 is 0 Å². The second-order valence-electron chi connectivity index (χ2n) is 5.78. The third-order valence-electron chi connectivity index (χ3n) is 4.78. The quantitative estimate of drug-likeness (QED) is 0.864. The van der Waals surface area contributed by atoms with Crippen molar-refractivity contribution in [3.8, 4) is 0 Å². The summed E-state index contributed by atoms with van der Waals surface area (Å²) in [6.45, 7) is 3.58. The number of rotatable bonds is 2.